The molecule has 4 heteroatoms. The van der Waals surface area contributed by atoms with E-state index in [-0.39, 0.29) is 12.3 Å². The average Bonchev–Trinajstić information content (AvgIpc) is 2.46. The van der Waals surface area contributed by atoms with Crippen molar-refractivity contribution in [3.8, 4) is 12.3 Å². The highest BCUT2D eigenvalue weighted by Gasteiger charge is 2.23. The van der Waals surface area contributed by atoms with Crippen molar-refractivity contribution in [3.63, 3.8) is 0 Å². The summed E-state index contributed by atoms with van der Waals surface area (Å²) in [5.41, 5.74) is 0.355. The molecule has 1 amide bonds. The Labute approximate surface area is 138 Å². The lowest BCUT2D eigenvalue weighted by atomic mass is 10.1. The third-order valence-corrected chi connectivity index (χ3v) is 3.01. The van der Waals surface area contributed by atoms with Gasteiger partial charge in [0.2, 0.25) is 0 Å². The second-order valence-corrected chi connectivity index (χ2v) is 6.42. The zero-order chi connectivity index (χ0) is 17.3. The fraction of sp³-hybridized carbons (Fsp3) is 0.474. The average molecular weight is 315 g/mol. The number of ether oxygens (including phenoxy) is 1. The maximum atomic E-state index is 12.3. The zero-order valence-corrected chi connectivity index (χ0v) is 14.2. The number of amides is 1. The molecular weight excluding hydrogens is 290 g/mol. The predicted octanol–water partition coefficient (Wildman–Crippen LogP) is 3.80. The number of ketones is 1. The molecule has 0 radical (unpaired) electrons. The molecule has 0 aliphatic rings. The molecule has 0 atom stereocenters. The lowest BCUT2D eigenvalue weighted by Crippen LogP contribution is -2.39. The number of hydrogen-bond acceptors (Lipinski definition) is 3. The minimum atomic E-state index is -0.599. The first kappa shape index (κ1) is 18.8. The first-order valence-electron chi connectivity index (χ1n) is 7.79. The Morgan fingerprint density at radius 2 is 1.87 bits per heavy atom. The summed E-state index contributed by atoms with van der Waals surface area (Å²) in [6, 6.07) is 9.54. The first-order chi connectivity index (χ1) is 10.8. The van der Waals surface area contributed by atoms with E-state index >= 15 is 0 Å². The molecule has 0 aliphatic heterocycles. The van der Waals surface area contributed by atoms with Crippen LogP contribution in [-0.2, 0) is 16.1 Å². The normalized spacial score (nSPS) is 10.7. The summed E-state index contributed by atoms with van der Waals surface area (Å²) in [4.78, 5) is 25.9. The highest BCUT2D eigenvalue weighted by molar-refractivity contribution is 5.84. The van der Waals surface area contributed by atoms with Crippen molar-refractivity contribution in [3.05, 3.63) is 35.9 Å². The van der Waals surface area contributed by atoms with Crippen molar-refractivity contribution in [2.45, 2.75) is 52.2 Å². The Morgan fingerprint density at radius 3 is 2.43 bits per heavy atom. The highest BCUT2D eigenvalue weighted by Crippen LogP contribution is 2.13. The summed E-state index contributed by atoms with van der Waals surface area (Å²) in [6.07, 6.45) is 6.29. The van der Waals surface area contributed by atoms with Gasteiger partial charge in [0.05, 0.1) is 6.54 Å². The van der Waals surface area contributed by atoms with E-state index in [0.717, 1.165) is 5.56 Å². The van der Waals surface area contributed by atoms with E-state index in [1.54, 1.807) is 20.8 Å². The van der Waals surface area contributed by atoms with E-state index in [1.165, 1.54) is 4.90 Å². The molecular formula is C19H25NO3. The third kappa shape index (κ3) is 8.06. The predicted molar refractivity (Wildman–Crippen MR) is 90.8 cm³/mol. The van der Waals surface area contributed by atoms with Crippen LogP contribution in [0.4, 0.5) is 4.79 Å². The van der Waals surface area contributed by atoms with Gasteiger partial charge in [-0.05, 0) is 32.8 Å². The van der Waals surface area contributed by atoms with Gasteiger partial charge in [0.25, 0.3) is 0 Å². The third-order valence-electron chi connectivity index (χ3n) is 3.01. The Hall–Kier alpha value is -2.28. The molecule has 4 nitrogen and oxygen atoms in total. The van der Waals surface area contributed by atoms with Crippen LogP contribution in [0.1, 0.15) is 45.6 Å². The van der Waals surface area contributed by atoms with Crippen molar-refractivity contribution >= 4 is 11.9 Å². The SMILES string of the molecule is C#CCCCC(=O)CN(Cc1ccccc1)C(=O)OC(C)(C)C. The smallest absolute Gasteiger partial charge is 0.410 e. The summed E-state index contributed by atoms with van der Waals surface area (Å²) < 4.78 is 5.40. The Bertz CT molecular complexity index is 552. The Balaban J connectivity index is 2.74. The van der Waals surface area contributed by atoms with Gasteiger partial charge in [-0.2, -0.15) is 0 Å². The maximum absolute atomic E-state index is 12.3. The van der Waals surface area contributed by atoms with Gasteiger partial charge in [-0.3, -0.25) is 9.69 Å². The van der Waals surface area contributed by atoms with Gasteiger partial charge in [0, 0.05) is 19.4 Å². The van der Waals surface area contributed by atoms with E-state index in [0.29, 0.717) is 25.8 Å². The van der Waals surface area contributed by atoms with Crippen LogP contribution >= 0.6 is 0 Å². The van der Waals surface area contributed by atoms with E-state index in [4.69, 9.17) is 11.2 Å². The standard InChI is InChI=1S/C19H25NO3/c1-5-6-8-13-17(21)15-20(18(22)23-19(2,3)4)14-16-11-9-7-10-12-16/h1,7,9-12H,6,8,13-15H2,2-4H3. The molecule has 0 bridgehead atoms. The van der Waals surface area contributed by atoms with Gasteiger partial charge in [0.15, 0.2) is 5.78 Å². The van der Waals surface area contributed by atoms with Crippen molar-refractivity contribution in [1.82, 2.24) is 4.90 Å². The maximum Gasteiger partial charge on any atom is 0.410 e. The number of nitrogens with zero attached hydrogens (tertiary/aromatic N) is 1. The van der Waals surface area contributed by atoms with Crippen molar-refractivity contribution in [2.24, 2.45) is 0 Å². The fourth-order valence-electron chi connectivity index (χ4n) is 1.99. The second kappa shape index (κ2) is 8.99. The van der Waals surface area contributed by atoms with Crippen molar-refractivity contribution in [1.29, 1.82) is 0 Å². The molecule has 0 fully saturated rings. The van der Waals surface area contributed by atoms with Gasteiger partial charge in [-0.1, -0.05) is 30.3 Å². The summed E-state index contributed by atoms with van der Waals surface area (Å²) in [7, 11) is 0. The minimum Gasteiger partial charge on any atom is -0.444 e. The number of unbranched alkanes of at least 4 members (excludes halogenated alkanes) is 1. The molecule has 0 saturated heterocycles. The lowest BCUT2D eigenvalue weighted by molar-refractivity contribution is -0.120. The van der Waals surface area contributed by atoms with Crippen LogP contribution in [0.5, 0.6) is 0 Å². The van der Waals surface area contributed by atoms with Crippen LogP contribution in [-0.4, -0.2) is 28.9 Å². The molecule has 23 heavy (non-hydrogen) atoms. The van der Waals surface area contributed by atoms with Crippen LogP contribution in [0.3, 0.4) is 0 Å². The van der Waals surface area contributed by atoms with Crippen LogP contribution < -0.4 is 0 Å². The minimum absolute atomic E-state index is 0.0120. The van der Waals surface area contributed by atoms with Crippen LogP contribution in [0.2, 0.25) is 0 Å². The molecule has 0 aliphatic carbocycles. The Kier molecular flexibility index (Phi) is 7.34. The van der Waals surface area contributed by atoms with Crippen LogP contribution in [0, 0.1) is 12.3 Å². The summed E-state index contributed by atoms with van der Waals surface area (Å²) in [5, 5.41) is 0. The molecule has 0 aromatic heterocycles. The van der Waals surface area contributed by atoms with Gasteiger partial charge < -0.3 is 4.74 Å². The summed E-state index contributed by atoms with van der Waals surface area (Å²) in [6.45, 7) is 5.80. The second-order valence-electron chi connectivity index (χ2n) is 6.42. The first-order valence-corrected chi connectivity index (χ1v) is 7.79. The van der Waals surface area contributed by atoms with Gasteiger partial charge in [0.1, 0.15) is 5.60 Å². The van der Waals surface area contributed by atoms with Crippen LogP contribution in [0.15, 0.2) is 30.3 Å². The lowest BCUT2D eigenvalue weighted by Gasteiger charge is -2.27. The van der Waals surface area contributed by atoms with Gasteiger partial charge >= 0.3 is 6.09 Å². The zero-order valence-electron chi connectivity index (χ0n) is 14.2. The van der Waals surface area contributed by atoms with Crippen molar-refractivity contribution < 1.29 is 14.3 Å². The molecule has 0 unspecified atom stereocenters. The molecule has 0 N–H and O–H groups in total. The number of benzene rings is 1. The largest absolute Gasteiger partial charge is 0.444 e. The summed E-state index contributed by atoms with van der Waals surface area (Å²) in [5.74, 6) is 2.50. The number of terminal acetylenes is 1. The molecule has 1 rings (SSSR count). The molecule has 0 spiro atoms. The molecule has 1 aromatic carbocycles. The molecule has 1 aromatic rings. The van der Waals surface area contributed by atoms with E-state index in [1.807, 2.05) is 30.3 Å². The van der Waals surface area contributed by atoms with Gasteiger partial charge in [-0.25, -0.2) is 4.79 Å². The Morgan fingerprint density at radius 1 is 1.22 bits per heavy atom. The fourth-order valence-corrected chi connectivity index (χ4v) is 1.99. The topological polar surface area (TPSA) is 46.6 Å². The molecule has 124 valence electrons. The van der Waals surface area contributed by atoms with Crippen molar-refractivity contribution in [2.75, 3.05) is 6.54 Å². The monoisotopic (exact) mass is 315 g/mol. The number of carbonyl (C=O) groups is 2. The molecule has 0 heterocycles. The van der Waals surface area contributed by atoms with E-state index in [2.05, 4.69) is 5.92 Å². The number of hydrogen-bond donors (Lipinski definition) is 0. The highest BCUT2D eigenvalue weighted by atomic mass is 16.6. The number of rotatable bonds is 7. The van der Waals surface area contributed by atoms with Crippen LogP contribution in [0.25, 0.3) is 0 Å². The summed E-state index contributed by atoms with van der Waals surface area (Å²) >= 11 is 0. The van der Waals surface area contributed by atoms with E-state index in [9.17, 15) is 9.59 Å². The number of Topliss-reactive ketones (excluding diaryl/α,β-unsaturated/α-hetero) is 1. The van der Waals surface area contributed by atoms with E-state index < -0.39 is 11.7 Å². The molecule has 0 saturated carbocycles. The van der Waals surface area contributed by atoms with Gasteiger partial charge in [-0.15, -0.1) is 12.3 Å². The number of carbonyl (C=O) groups excluding carboxylic acids is 2. The quantitative estimate of drug-likeness (QED) is 0.568.